The van der Waals surface area contributed by atoms with Crippen LogP contribution in [-0.4, -0.2) is 23.5 Å². The second-order valence-electron chi connectivity index (χ2n) is 6.24. The molecule has 5 nitrogen and oxygen atoms in total. The Hall–Kier alpha value is -2.87. The number of halogens is 3. The number of fused-ring (bicyclic) bond motifs is 1. The average molecular weight is 364 g/mol. The Morgan fingerprint density at radius 2 is 1.85 bits per heavy atom. The molecule has 0 radical (unpaired) electrons. The maximum atomic E-state index is 13.6. The van der Waals surface area contributed by atoms with E-state index in [4.69, 9.17) is 0 Å². The topological polar surface area (TPSA) is 78.4 Å². The number of anilines is 1. The van der Waals surface area contributed by atoms with E-state index in [1.54, 1.807) is 6.92 Å². The molecule has 2 amide bonds. The fourth-order valence-electron chi connectivity index (χ4n) is 2.82. The maximum Gasteiger partial charge on any atom is 0.251 e. The summed E-state index contributed by atoms with van der Waals surface area (Å²) in [5, 5.41) is 14.4. The molecule has 136 valence electrons. The van der Waals surface area contributed by atoms with E-state index in [0.717, 1.165) is 0 Å². The summed E-state index contributed by atoms with van der Waals surface area (Å²) in [6.45, 7) is 0.725. The van der Waals surface area contributed by atoms with Gasteiger partial charge in [-0.2, -0.15) is 0 Å². The molecule has 1 atom stereocenters. The zero-order chi connectivity index (χ0) is 19.1. The standard InChI is InChI=1S/C18H15F3N2O3/c1-18(8-24)12-3-2-9(4-15(12)23-17(18)26)16(25)22-7-11-13(20)5-10(19)6-14(11)21/h2-6,24H,7-8H2,1H3,(H,22,25)(H,23,26). The molecular weight excluding hydrogens is 349 g/mol. The monoisotopic (exact) mass is 364 g/mol. The predicted octanol–water partition coefficient (Wildman–Crippen LogP) is 2.24. The van der Waals surface area contributed by atoms with E-state index >= 15 is 0 Å². The van der Waals surface area contributed by atoms with Gasteiger partial charge in [0.15, 0.2) is 0 Å². The van der Waals surface area contributed by atoms with Crippen molar-refractivity contribution in [3.8, 4) is 0 Å². The molecule has 0 fully saturated rings. The van der Waals surface area contributed by atoms with E-state index in [9.17, 15) is 27.9 Å². The van der Waals surface area contributed by atoms with Crippen molar-refractivity contribution in [2.24, 2.45) is 0 Å². The molecule has 2 aromatic carbocycles. The Morgan fingerprint density at radius 1 is 1.19 bits per heavy atom. The summed E-state index contributed by atoms with van der Waals surface area (Å²) >= 11 is 0. The number of hydrogen-bond acceptors (Lipinski definition) is 3. The molecule has 8 heteroatoms. The molecule has 1 aliphatic heterocycles. The zero-order valence-electron chi connectivity index (χ0n) is 13.7. The highest BCUT2D eigenvalue weighted by Gasteiger charge is 2.42. The smallest absolute Gasteiger partial charge is 0.251 e. The Labute approximate surface area is 146 Å². The Balaban J connectivity index is 1.79. The number of hydrogen-bond donors (Lipinski definition) is 3. The Bertz CT molecular complexity index is 894. The molecule has 0 saturated carbocycles. The molecule has 3 rings (SSSR count). The van der Waals surface area contributed by atoms with E-state index in [-0.39, 0.29) is 18.1 Å². The SMILES string of the molecule is CC1(CO)C(=O)Nc2cc(C(=O)NCc3c(F)cc(F)cc3F)ccc21. The van der Waals surface area contributed by atoms with Crippen LogP contribution < -0.4 is 10.6 Å². The molecule has 1 unspecified atom stereocenters. The van der Waals surface area contributed by atoms with Crippen LogP contribution in [0.25, 0.3) is 0 Å². The van der Waals surface area contributed by atoms with Crippen LogP contribution in [0.15, 0.2) is 30.3 Å². The molecule has 2 aromatic rings. The summed E-state index contributed by atoms with van der Waals surface area (Å²) in [7, 11) is 0. The molecule has 0 bridgehead atoms. The molecule has 26 heavy (non-hydrogen) atoms. The van der Waals surface area contributed by atoms with Crippen molar-refractivity contribution >= 4 is 17.5 Å². The number of aliphatic hydroxyl groups is 1. The van der Waals surface area contributed by atoms with Crippen molar-refractivity contribution in [1.82, 2.24) is 5.32 Å². The number of carbonyl (C=O) groups is 2. The molecule has 1 heterocycles. The van der Waals surface area contributed by atoms with E-state index in [1.165, 1.54) is 18.2 Å². The highest BCUT2D eigenvalue weighted by atomic mass is 19.1. The zero-order valence-corrected chi connectivity index (χ0v) is 13.7. The van der Waals surface area contributed by atoms with Gasteiger partial charge in [-0.15, -0.1) is 0 Å². The lowest BCUT2D eigenvalue weighted by molar-refractivity contribution is -0.121. The summed E-state index contributed by atoms with van der Waals surface area (Å²) in [5.74, 6) is -4.24. The molecular formula is C18H15F3N2O3. The van der Waals surface area contributed by atoms with Crippen molar-refractivity contribution in [3.63, 3.8) is 0 Å². The van der Waals surface area contributed by atoms with Gasteiger partial charge >= 0.3 is 0 Å². The van der Waals surface area contributed by atoms with Gasteiger partial charge in [-0.05, 0) is 24.6 Å². The first kappa shape index (κ1) is 17.9. The number of carbonyl (C=O) groups excluding carboxylic acids is 2. The summed E-state index contributed by atoms with van der Waals surface area (Å²) in [6, 6.07) is 5.47. The number of benzene rings is 2. The lowest BCUT2D eigenvalue weighted by Gasteiger charge is -2.18. The second kappa shape index (κ2) is 6.45. The third-order valence-electron chi connectivity index (χ3n) is 4.47. The number of rotatable bonds is 4. The van der Waals surface area contributed by atoms with Crippen LogP contribution in [0.1, 0.15) is 28.4 Å². The van der Waals surface area contributed by atoms with Gasteiger partial charge in [0.1, 0.15) is 17.5 Å². The molecule has 3 N–H and O–H groups in total. The van der Waals surface area contributed by atoms with Gasteiger partial charge < -0.3 is 15.7 Å². The van der Waals surface area contributed by atoms with Gasteiger partial charge in [0, 0.05) is 35.5 Å². The van der Waals surface area contributed by atoms with Crippen LogP contribution in [0.2, 0.25) is 0 Å². The first-order valence-corrected chi connectivity index (χ1v) is 7.74. The molecule has 0 aliphatic carbocycles. The highest BCUT2D eigenvalue weighted by Crippen LogP contribution is 2.37. The van der Waals surface area contributed by atoms with Crippen molar-refractivity contribution in [2.45, 2.75) is 18.9 Å². The van der Waals surface area contributed by atoms with Crippen LogP contribution in [0.5, 0.6) is 0 Å². The third kappa shape index (κ3) is 2.92. The lowest BCUT2D eigenvalue weighted by atomic mass is 9.84. The average Bonchev–Trinajstić information content (AvgIpc) is 2.84. The largest absolute Gasteiger partial charge is 0.395 e. The minimum atomic E-state index is -1.09. The van der Waals surface area contributed by atoms with Gasteiger partial charge in [0.25, 0.3) is 5.91 Å². The van der Waals surface area contributed by atoms with E-state index in [1.807, 2.05) is 0 Å². The van der Waals surface area contributed by atoms with Crippen LogP contribution >= 0.6 is 0 Å². The Kier molecular flexibility index (Phi) is 4.45. The van der Waals surface area contributed by atoms with Gasteiger partial charge in [0.05, 0.1) is 12.0 Å². The van der Waals surface area contributed by atoms with Gasteiger partial charge in [0.2, 0.25) is 5.91 Å². The van der Waals surface area contributed by atoms with Crippen molar-refractivity contribution in [2.75, 3.05) is 11.9 Å². The lowest BCUT2D eigenvalue weighted by Crippen LogP contribution is -2.34. The maximum absolute atomic E-state index is 13.6. The minimum Gasteiger partial charge on any atom is -0.395 e. The minimum absolute atomic E-state index is 0.161. The number of amides is 2. The second-order valence-corrected chi connectivity index (χ2v) is 6.24. The van der Waals surface area contributed by atoms with Crippen LogP contribution in [0.3, 0.4) is 0 Å². The van der Waals surface area contributed by atoms with Crippen LogP contribution in [-0.2, 0) is 16.8 Å². The molecule has 1 aliphatic rings. The first-order chi connectivity index (χ1) is 12.3. The van der Waals surface area contributed by atoms with Crippen molar-refractivity contribution in [1.29, 1.82) is 0 Å². The van der Waals surface area contributed by atoms with Crippen molar-refractivity contribution in [3.05, 3.63) is 64.5 Å². The normalized spacial score (nSPS) is 18.4. The fourth-order valence-corrected chi connectivity index (χ4v) is 2.82. The van der Waals surface area contributed by atoms with Gasteiger partial charge in [-0.1, -0.05) is 6.07 Å². The quantitative estimate of drug-likeness (QED) is 0.779. The predicted molar refractivity (Wildman–Crippen MR) is 87.0 cm³/mol. The van der Waals surface area contributed by atoms with Gasteiger partial charge in [-0.25, -0.2) is 13.2 Å². The van der Waals surface area contributed by atoms with E-state index in [2.05, 4.69) is 10.6 Å². The third-order valence-corrected chi connectivity index (χ3v) is 4.47. The first-order valence-electron chi connectivity index (χ1n) is 7.74. The summed E-state index contributed by atoms with van der Waals surface area (Å²) in [5.41, 5.74) is -0.447. The highest BCUT2D eigenvalue weighted by molar-refractivity contribution is 6.07. The number of nitrogens with one attached hydrogen (secondary N) is 2. The van der Waals surface area contributed by atoms with Gasteiger partial charge in [-0.3, -0.25) is 9.59 Å². The molecule has 0 spiro atoms. The summed E-state index contributed by atoms with van der Waals surface area (Å²) in [6.07, 6.45) is 0. The summed E-state index contributed by atoms with van der Waals surface area (Å²) in [4.78, 5) is 24.2. The van der Waals surface area contributed by atoms with Crippen LogP contribution in [0.4, 0.5) is 18.9 Å². The van der Waals surface area contributed by atoms with E-state index in [0.29, 0.717) is 23.4 Å². The Morgan fingerprint density at radius 3 is 2.46 bits per heavy atom. The van der Waals surface area contributed by atoms with E-state index < -0.39 is 40.9 Å². The van der Waals surface area contributed by atoms with Crippen LogP contribution in [0, 0.1) is 17.5 Å². The summed E-state index contributed by atoms with van der Waals surface area (Å²) < 4.78 is 40.1. The molecule has 0 saturated heterocycles. The number of aliphatic hydroxyl groups excluding tert-OH is 1. The molecule has 0 aromatic heterocycles. The van der Waals surface area contributed by atoms with Crippen molar-refractivity contribution < 1.29 is 27.9 Å². The fraction of sp³-hybridized carbons (Fsp3) is 0.222.